The van der Waals surface area contributed by atoms with Crippen LogP contribution in [0.1, 0.15) is 50.2 Å². The van der Waals surface area contributed by atoms with Crippen LogP contribution in [-0.4, -0.2) is 5.11 Å². The van der Waals surface area contributed by atoms with Gasteiger partial charge in [0.05, 0.1) is 6.10 Å². The van der Waals surface area contributed by atoms with Crippen LogP contribution in [0.3, 0.4) is 0 Å². The van der Waals surface area contributed by atoms with Crippen molar-refractivity contribution < 1.29 is 5.11 Å². The standard InChI is InChI=1S/C14H18BrClO/c15-12-7-11(8-13(16)9-12)14(17)6-10-4-2-1-3-5-10/h7-10,14,17H,1-6H2. The zero-order valence-electron chi connectivity index (χ0n) is 9.83. The number of hydrogen-bond acceptors (Lipinski definition) is 1. The van der Waals surface area contributed by atoms with Crippen molar-refractivity contribution in [3.05, 3.63) is 33.3 Å². The molecule has 1 fully saturated rings. The van der Waals surface area contributed by atoms with Crippen LogP contribution in [0.15, 0.2) is 22.7 Å². The van der Waals surface area contributed by atoms with Gasteiger partial charge in [0.25, 0.3) is 0 Å². The normalized spacial score (nSPS) is 19.2. The first-order valence-corrected chi connectivity index (χ1v) is 7.46. The summed E-state index contributed by atoms with van der Waals surface area (Å²) < 4.78 is 0.933. The molecule has 1 aromatic carbocycles. The maximum atomic E-state index is 10.2. The van der Waals surface area contributed by atoms with E-state index in [0.29, 0.717) is 10.9 Å². The molecular weight excluding hydrogens is 300 g/mol. The first kappa shape index (κ1) is 13.4. The van der Waals surface area contributed by atoms with Gasteiger partial charge in [-0.05, 0) is 36.1 Å². The Bertz CT molecular complexity index is 354. The quantitative estimate of drug-likeness (QED) is 0.821. The molecule has 1 aliphatic rings. The maximum absolute atomic E-state index is 10.2. The van der Waals surface area contributed by atoms with Crippen LogP contribution in [0.2, 0.25) is 5.02 Å². The highest BCUT2D eigenvalue weighted by atomic mass is 79.9. The molecule has 1 saturated carbocycles. The van der Waals surface area contributed by atoms with Gasteiger partial charge in [-0.15, -0.1) is 0 Å². The molecule has 17 heavy (non-hydrogen) atoms. The number of aliphatic hydroxyl groups excluding tert-OH is 1. The summed E-state index contributed by atoms with van der Waals surface area (Å²) in [6.07, 6.45) is 7.00. The maximum Gasteiger partial charge on any atom is 0.0793 e. The summed E-state index contributed by atoms with van der Waals surface area (Å²) in [5.41, 5.74) is 0.926. The van der Waals surface area contributed by atoms with E-state index in [2.05, 4.69) is 15.9 Å². The van der Waals surface area contributed by atoms with Crippen LogP contribution in [-0.2, 0) is 0 Å². The van der Waals surface area contributed by atoms with Gasteiger partial charge in [0.2, 0.25) is 0 Å². The lowest BCUT2D eigenvalue weighted by Crippen LogP contribution is -2.11. The average molecular weight is 318 g/mol. The van der Waals surface area contributed by atoms with Crippen LogP contribution in [0, 0.1) is 5.92 Å². The predicted molar refractivity (Wildman–Crippen MR) is 75.3 cm³/mol. The largest absolute Gasteiger partial charge is 0.388 e. The van der Waals surface area contributed by atoms with E-state index in [9.17, 15) is 5.11 Å². The molecule has 1 N–H and O–H groups in total. The Hall–Kier alpha value is -0.0500. The van der Waals surface area contributed by atoms with Gasteiger partial charge in [0.15, 0.2) is 0 Å². The van der Waals surface area contributed by atoms with Crippen molar-refractivity contribution in [1.82, 2.24) is 0 Å². The van der Waals surface area contributed by atoms with Crippen LogP contribution in [0.5, 0.6) is 0 Å². The third-order valence-electron chi connectivity index (χ3n) is 3.55. The van der Waals surface area contributed by atoms with Gasteiger partial charge in [-0.2, -0.15) is 0 Å². The Morgan fingerprint density at radius 2 is 1.94 bits per heavy atom. The van der Waals surface area contributed by atoms with Crippen LogP contribution < -0.4 is 0 Å². The molecule has 3 heteroatoms. The summed E-state index contributed by atoms with van der Waals surface area (Å²) in [6, 6.07) is 5.66. The smallest absolute Gasteiger partial charge is 0.0793 e. The number of halogens is 2. The number of hydrogen-bond donors (Lipinski definition) is 1. The van der Waals surface area contributed by atoms with Crippen LogP contribution in [0.25, 0.3) is 0 Å². The van der Waals surface area contributed by atoms with Gasteiger partial charge in [-0.1, -0.05) is 59.6 Å². The minimum Gasteiger partial charge on any atom is -0.388 e. The Morgan fingerprint density at radius 3 is 2.59 bits per heavy atom. The van der Waals surface area contributed by atoms with Crippen LogP contribution in [0.4, 0.5) is 0 Å². The van der Waals surface area contributed by atoms with Gasteiger partial charge in [-0.3, -0.25) is 0 Å². The van der Waals surface area contributed by atoms with E-state index >= 15 is 0 Å². The second-order valence-electron chi connectivity index (χ2n) is 4.96. The van der Waals surface area contributed by atoms with Crippen molar-refractivity contribution in [3.8, 4) is 0 Å². The van der Waals surface area contributed by atoms with Crippen molar-refractivity contribution in [1.29, 1.82) is 0 Å². The Labute approximate surface area is 116 Å². The molecule has 0 bridgehead atoms. The minimum atomic E-state index is -0.381. The van der Waals surface area contributed by atoms with E-state index in [4.69, 9.17) is 11.6 Å². The average Bonchev–Trinajstić information content (AvgIpc) is 2.29. The fraction of sp³-hybridized carbons (Fsp3) is 0.571. The highest BCUT2D eigenvalue weighted by Crippen LogP contribution is 2.33. The predicted octanol–water partition coefficient (Wildman–Crippen LogP) is 5.11. The fourth-order valence-electron chi connectivity index (χ4n) is 2.64. The van der Waals surface area contributed by atoms with Gasteiger partial charge in [-0.25, -0.2) is 0 Å². The fourth-order valence-corrected chi connectivity index (χ4v) is 3.53. The lowest BCUT2D eigenvalue weighted by molar-refractivity contribution is 0.131. The van der Waals surface area contributed by atoms with Gasteiger partial charge >= 0.3 is 0 Å². The number of rotatable bonds is 3. The molecule has 1 unspecified atom stereocenters. The molecule has 0 aromatic heterocycles. The summed E-state index contributed by atoms with van der Waals surface area (Å²) in [5, 5.41) is 10.9. The van der Waals surface area contributed by atoms with E-state index in [0.717, 1.165) is 16.5 Å². The molecule has 94 valence electrons. The van der Waals surface area contributed by atoms with Crippen molar-refractivity contribution in [2.24, 2.45) is 5.92 Å². The molecule has 0 aliphatic heterocycles. The summed E-state index contributed by atoms with van der Waals surface area (Å²) in [6.45, 7) is 0. The van der Waals surface area contributed by atoms with E-state index in [1.165, 1.54) is 32.1 Å². The van der Waals surface area contributed by atoms with Gasteiger partial charge in [0, 0.05) is 9.50 Å². The van der Waals surface area contributed by atoms with Crippen LogP contribution >= 0.6 is 27.5 Å². The molecule has 0 spiro atoms. The summed E-state index contributed by atoms with van der Waals surface area (Å²) >= 11 is 9.41. The topological polar surface area (TPSA) is 20.2 Å². The molecular formula is C14H18BrClO. The number of aliphatic hydroxyl groups is 1. The number of benzene rings is 1. The van der Waals surface area contributed by atoms with Crippen molar-refractivity contribution >= 4 is 27.5 Å². The molecule has 2 rings (SSSR count). The molecule has 1 atom stereocenters. The van der Waals surface area contributed by atoms with Crippen molar-refractivity contribution in [2.45, 2.75) is 44.6 Å². The van der Waals surface area contributed by atoms with E-state index < -0.39 is 0 Å². The molecule has 0 heterocycles. The monoisotopic (exact) mass is 316 g/mol. The zero-order valence-corrected chi connectivity index (χ0v) is 12.2. The Kier molecular flexibility index (Phi) is 4.89. The highest BCUT2D eigenvalue weighted by molar-refractivity contribution is 9.10. The molecule has 1 nitrogen and oxygen atoms in total. The second kappa shape index (κ2) is 6.21. The third-order valence-corrected chi connectivity index (χ3v) is 4.23. The SMILES string of the molecule is OC(CC1CCCCC1)c1cc(Cl)cc(Br)c1. The molecule has 0 amide bonds. The first-order chi connectivity index (χ1) is 8.15. The Balaban J connectivity index is 2.00. The van der Waals surface area contributed by atoms with E-state index in [1.807, 2.05) is 18.2 Å². The van der Waals surface area contributed by atoms with E-state index in [-0.39, 0.29) is 6.10 Å². The van der Waals surface area contributed by atoms with Crippen molar-refractivity contribution in [2.75, 3.05) is 0 Å². The Morgan fingerprint density at radius 1 is 1.24 bits per heavy atom. The molecule has 1 aliphatic carbocycles. The lowest BCUT2D eigenvalue weighted by atomic mass is 9.84. The molecule has 0 radical (unpaired) electrons. The van der Waals surface area contributed by atoms with Gasteiger partial charge in [0.1, 0.15) is 0 Å². The second-order valence-corrected chi connectivity index (χ2v) is 6.31. The summed E-state index contributed by atoms with van der Waals surface area (Å²) in [5.74, 6) is 0.677. The van der Waals surface area contributed by atoms with E-state index in [1.54, 1.807) is 0 Å². The summed E-state index contributed by atoms with van der Waals surface area (Å²) in [7, 11) is 0. The first-order valence-electron chi connectivity index (χ1n) is 6.29. The van der Waals surface area contributed by atoms with Crippen molar-refractivity contribution in [3.63, 3.8) is 0 Å². The van der Waals surface area contributed by atoms with Gasteiger partial charge < -0.3 is 5.11 Å². The summed E-state index contributed by atoms with van der Waals surface area (Å²) in [4.78, 5) is 0. The highest BCUT2D eigenvalue weighted by Gasteiger charge is 2.19. The zero-order chi connectivity index (χ0) is 12.3. The third kappa shape index (κ3) is 3.97. The lowest BCUT2D eigenvalue weighted by Gasteiger charge is -2.24. The molecule has 1 aromatic rings. The molecule has 0 saturated heterocycles. The minimum absolute atomic E-state index is 0.381.